The molecule has 9 heteroatoms. The molecule has 0 radical (unpaired) electrons. The van der Waals surface area contributed by atoms with E-state index in [1.807, 2.05) is 24.3 Å². The minimum absolute atomic E-state index is 0.287. The first-order chi connectivity index (χ1) is 16.4. The third-order valence-corrected chi connectivity index (χ3v) is 6.45. The standard InChI is InChI=1S/C25H29N5O4/c1-4-33-22(31)19-9-8-10-20(17-19)30-23(26-27-28-30)25(15-13-18(2)14-16-25)29(3)24(32)34-21-11-6-5-7-12-21/h5-12,17-18H,4,13-16H2,1-3H3. The molecule has 178 valence electrons. The Balaban J connectivity index is 1.71. The van der Waals surface area contributed by atoms with Gasteiger partial charge in [-0.1, -0.05) is 31.2 Å². The van der Waals surface area contributed by atoms with Crippen LogP contribution in [0.1, 0.15) is 55.7 Å². The van der Waals surface area contributed by atoms with Crippen LogP contribution in [-0.4, -0.2) is 50.8 Å². The molecule has 1 saturated carbocycles. The van der Waals surface area contributed by atoms with Crippen LogP contribution in [0, 0.1) is 5.92 Å². The average Bonchev–Trinajstić information content (AvgIpc) is 3.36. The highest BCUT2D eigenvalue weighted by Gasteiger charge is 2.46. The van der Waals surface area contributed by atoms with Gasteiger partial charge in [-0.3, -0.25) is 4.90 Å². The summed E-state index contributed by atoms with van der Waals surface area (Å²) in [6.45, 7) is 4.26. The zero-order chi connectivity index (χ0) is 24.1. The zero-order valence-electron chi connectivity index (χ0n) is 19.7. The fourth-order valence-electron chi connectivity index (χ4n) is 4.41. The number of benzene rings is 2. The van der Waals surface area contributed by atoms with Crippen molar-refractivity contribution >= 4 is 12.1 Å². The second-order valence-corrected chi connectivity index (χ2v) is 8.64. The molecule has 34 heavy (non-hydrogen) atoms. The smallest absolute Gasteiger partial charge is 0.415 e. The van der Waals surface area contributed by atoms with E-state index in [-0.39, 0.29) is 6.61 Å². The highest BCUT2D eigenvalue weighted by Crippen LogP contribution is 2.43. The molecule has 1 aromatic heterocycles. The van der Waals surface area contributed by atoms with Gasteiger partial charge in [-0.15, -0.1) is 5.10 Å². The summed E-state index contributed by atoms with van der Waals surface area (Å²) in [4.78, 5) is 27.1. The number of hydrogen-bond acceptors (Lipinski definition) is 7. The molecule has 3 aromatic rings. The number of rotatable bonds is 6. The van der Waals surface area contributed by atoms with Gasteiger partial charge < -0.3 is 9.47 Å². The number of ether oxygens (including phenoxy) is 2. The van der Waals surface area contributed by atoms with Crippen LogP contribution in [0.3, 0.4) is 0 Å². The van der Waals surface area contributed by atoms with Gasteiger partial charge in [0, 0.05) is 7.05 Å². The molecule has 0 N–H and O–H groups in total. The first kappa shape index (κ1) is 23.4. The largest absolute Gasteiger partial charge is 0.462 e. The summed E-state index contributed by atoms with van der Waals surface area (Å²) in [5, 5.41) is 12.5. The van der Waals surface area contributed by atoms with Crippen LogP contribution in [-0.2, 0) is 10.3 Å². The van der Waals surface area contributed by atoms with E-state index < -0.39 is 17.6 Å². The number of para-hydroxylation sites is 1. The predicted octanol–water partition coefficient (Wildman–Crippen LogP) is 4.38. The van der Waals surface area contributed by atoms with Crippen LogP contribution < -0.4 is 4.74 Å². The van der Waals surface area contributed by atoms with Gasteiger partial charge in [-0.2, -0.15) is 4.68 Å². The van der Waals surface area contributed by atoms with E-state index in [0.29, 0.717) is 41.6 Å². The maximum Gasteiger partial charge on any atom is 0.415 e. The molecule has 0 spiro atoms. The van der Waals surface area contributed by atoms with Crippen LogP contribution in [0.4, 0.5) is 4.79 Å². The molecular formula is C25H29N5O4. The van der Waals surface area contributed by atoms with Gasteiger partial charge in [0.25, 0.3) is 0 Å². The molecule has 1 heterocycles. The number of aromatic nitrogens is 4. The second kappa shape index (κ2) is 10.0. The second-order valence-electron chi connectivity index (χ2n) is 8.64. The molecule has 0 atom stereocenters. The van der Waals surface area contributed by atoms with Gasteiger partial charge in [0.1, 0.15) is 11.3 Å². The highest BCUT2D eigenvalue weighted by molar-refractivity contribution is 5.90. The summed E-state index contributed by atoms with van der Waals surface area (Å²) >= 11 is 0. The Kier molecular flexibility index (Phi) is 6.90. The first-order valence-electron chi connectivity index (χ1n) is 11.5. The summed E-state index contributed by atoms with van der Waals surface area (Å²) in [7, 11) is 1.73. The normalized spacial score (nSPS) is 19.9. The van der Waals surface area contributed by atoms with E-state index in [0.717, 1.165) is 12.8 Å². The summed E-state index contributed by atoms with van der Waals surface area (Å²) in [5.74, 6) is 1.13. The lowest BCUT2D eigenvalue weighted by atomic mass is 9.75. The Hall–Kier alpha value is -3.75. The van der Waals surface area contributed by atoms with Gasteiger partial charge in [0.05, 0.1) is 17.9 Å². The molecule has 1 amide bonds. The minimum Gasteiger partial charge on any atom is -0.462 e. The quantitative estimate of drug-likeness (QED) is 0.500. The molecule has 0 saturated heterocycles. The topological polar surface area (TPSA) is 99.4 Å². The van der Waals surface area contributed by atoms with Crippen molar-refractivity contribution in [2.75, 3.05) is 13.7 Å². The molecular weight excluding hydrogens is 434 g/mol. The number of esters is 1. The van der Waals surface area contributed by atoms with Crippen molar-refractivity contribution in [1.82, 2.24) is 25.1 Å². The van der Waals surface area contributed by atoms with E-state index in [4.69, 9.17) is 9.47 Å². The SMILES string of the molecule is CCOC(=O)c1cccc(-n2nnnc2C2(N(C)C(=O)Oc3ccccc3)CCC(C)CC2)c1. The zero-order valence-corrected chi connectivity index (χ0v) is 19.7. The lowest BCUT2D eigenvalue weighted by Crippen LogP contribution is -2.51. The maximum atomic E-state index is 13.2. The fourth-order valence-corrected chi connectivity index (χ4v) is 4.41. The van der Waals surface area contributed by atoms with Crippen molar-refractivity contribution in [3.8, 4) is 11.4 Å². The highest BCUT2D eigenvalue weighted by atomic mass is 16.6. The lowest BCUT2D eigenvalue weighted by Gasteiger charge is -2.44. The molecule has 0 bridgehead atoms. The summed E-state index contributed by atoms with van der Waals surface area (Å²) in [6, 6.07) is 15.9. The van der Waals surface area contributed by atoms with Gasteiger partial charge in [-0.05, 0) is 79.3 Å². The molecule has 9 nitrogen and oxygen atoms in total. The van der Waals surface area contributed by atoms with Gasteiger partial charge >= 0.3 is 12.1 Å². The van der Waals surface area contributed by atoms with E-state index >= 15 is 0 Å². The van der Waals surface area contributed by atoms with Crippen molar-refractivity contribution in [1.29, 1.82) is 0 Å². The van der Waals surface area contributed by atoms with E-state index in [1.165, 1.54) is 0 Å². The predicted molar refractivity (Wildman–Crippen MR) is 125 cm³/mol. The molecule has 0 aliphatic heterocycles. The average molecular weight is 464 g/mol. The van der Waals surface area contributed by atoms with E-state index in [2.05, 4.69) is 22.4 Å². The van der Waals surface area contributed by atoms with Gasteiger partial charge in [0.2, 0.25) is 0 Å². The Bertz CT molecular complexity index is 1140. The van der Waals surface area contributed by atoms with Crippen molar-refractivity contribution < 1.29 is 19.1 Å². The molecule has 1 fully saturated rings. The fraction of sp³-hybridized carbons (Fsp3) is 0.400. The van der Waals surface area contributed by atoms with Gasteiger partial charge in [-0.25, -0.2) is 9.59 Å². The number of hydrogen-bond donors (Lipinski definition) is 0. The van der Waals surface area contributed by atoms with E-state index in [9.17, 15) is 9.59 Å². The Morgan fingerprint density at radius 1 is 1.12 bits per heavy atom. The molecule has 1 aliphatic carbocycles. The Morgan fingerprint density at radius 2 is 1.85 bits per heavy atom. The van der Waals surface area contributed by atoms with Crippen LogP contribution in [0.15, 0.2) is 54.6 Å². The van der Waals surface area contributed by atoms with E-state index in [1.54, 1.807) is 53.9 Å². The summed E-state index contributed by atoms with van der Waals surface area (Å²) < 4.78 is 12.4. The summed E-state index contributed by atoms with van der Waals surface area (Å²) in [5.41, 5.74) is 0.263. The third kappa shape index (κ3) is 4.64. The lowest BCUT2D eigenvalue weighted by molar-refractivity contribution is 0.0514. The first-order valence-corrected chi connectivity index (χ1v) is 11.5. The van der Waals surface area contributed by atoms with Gasteiger partial charge in [0.15, 0.2) is 5.82 Å². The number of carbonyl (C=O) groups is 2. The van der Waals surface area contributed by atoms with Crippen molar-refractivity contribution in [2.45, 2.75) is 45.1 Å². The van der Waals surface area contributed by atoms with Crippen molar-refractivity contribution in [2.24, 2.45) is 5.92 Å². The minimum atomic E-state index is -0.762. The molecule has 4 rings (SSSR count). The van der Waals surface area contributed by atoms with Crippen LogP contribution in [0.5, 0.6) is 5.75 Å². The number of tetrazole rings is 1. The molecule has 2 aromatic carbocycles. The third-order valence-electron chi connectivity index (χ3n) is 6.45. The van der Waals surface area contributed by atoms with Crippen LogP contribution in [0.25, 0.3) is 5.69 Å². The van der Waals surface area contributed by atoms with Crippen molar-refractivity contribution in [3.05, 3.63) is 66.0 Å². The van der Waals surface area contributed by atoms with Crippen LogP contribution in [0.2, 0.25) is 0 Å². The number of amides is 1. The molecule has 0 unspecified atom stereocenters. The monoisotopic (exact) mass is 463 g/mol. The maximum absolute atomic E-state index is 13.2. The molecule has 1 aliphatic rings. The Labute approximate surface area is 198 Å². The summed E-state index contributed by atoms with van der Waals surface area (Å²) in [6.07, 6.45) is 2.73. The van der Waals surface area contributed by atoms with Crippen LogP contribution >= 0.6 is 0 Å². The number of carbonyl (C=O) groups excluding carboxylic acids is 2. The van der Waals surface area contributed by atoms with Crippen molar-refractivity contribution in [3.63, 3.8) is 0 Å². The Morgan fingerprint density at radius 3 is 2.56 bits per heavy atom. The number of nitrogens with zero attached hydrogens (tertiary/aromatic N) is 5.